The van der Waals surface area contributed by atoms with Gasteiger partial charge in [-0.1, -0.05) is 35.0 Å². The van der Waals surface area contributed by atoms with Crippen molar-refractivity contribution in [2.45, 2.75) is 6.92 Å². The van der Waals surface area contributed by atoms with Gasteiger partial charge in [0.25, 0.3) is 0 Å². The highest BCUT2D eigenvalue weighted by molar-refractivity contribution is 6.01. The number of aryl methyl sites for hydroxylation is 1. The number of aromatic nitrogens is 1. The number of rotatable bonds is 4. The number of hydrazone groups is 1. The molecule has 0 spiro atoms. The van der Waals surface area contributed by atoms with E-state index in [1.165, 1.54) is 12.5 Å². The molecule has 0 amide bonds. The number of aliphatic carboxylic acids is 1. The minimum absolute atomic E-state index is 0.124. The van der Waals surface area contributed by atoms with Gasteiger partial charge in [-0.05, 0) is 30.2 Å². The van der Waals surface area contributed by atoms with E-state index >= 15 is 0 Å². The van der Waals surface area contributed by atoms with E-state index in [2.05, 4.69) is 10.3 Å². The Bertz CT molecular complexity index is 936. The van der Waals surface area contributed by atoms with Crippen molar-refractivity contribution in [3.05, 3.63) is 76.3 Å². The fourth-order valence-electron chi connectivity index (χ4n) is 2.85. The Kier molecular flexibility index (Phi) is 4.70. The molecule has 0 saturated heterocycles. The largest absolute Gasteiger partial charge is 0.478 e. The van der Waals surface area contributed by atoms with Gasteiger partial charge in [-0.3, -0.25) is 0 Å². The number of nitrogens with two attached hydrogens (primary N) is 2. The van der Waals surface area contributed by atoms with Crippen LogP contribution in [0.3, 0.4) is 0 Å². The van der Waals surface area contributed by atoms with Gasteiger partial charge in [0.1, 0.15) is 12.0 Å². The maximum Gasteiger partial charge on any atom is 0.332 e. The summed E-state index contributed by atoms with van der Waals surface area (Å²) >= 11 is 0. The molecule has 0 aliphatic heterocycles. The molecule has 0 fully saturated rings. The number of hydrogen-bond donors (Lipinski definition) is 3. The second kappa shape index (κ2) is 7.10. The highest BCUT2D eigenvalue weighted by atomic mass is 16.5. The van der Waals surface area contributed by atoms with Gasteiger partial charge in [0.2, 0.25) is 0 Å². The highest BCUT2D eigenvalue weighted by Crippen LogP contribution is 2.36. The number of allylic oxidation sites excluding steroid dienone is 3. The Labute approximate surface area is 150 Å². The van der Waals surface area contributed by atoms with Crippen LogP contribution in [0.25, 0.3) is 11.6 Å². The van der Waals surface area contributed by atoms with Gasteiger partial charge in [0, 0.05) is 23.6 Å². The van der Waals surface area contributed by atoms with Gasteiger partial charge in [0.05, 0.1) is 11.5 Å². The van der Waals surface area contributed by atoms with Crippen molar-refractivity contribution in [2.75, 3.05) is 0 Å². The monoisotopic (exact) mass is 350 g/mol. The predicted octanol–water partition coefficient (Wildman–Crippen LogP) is 2.32. The minimum Gasteiger partial charge on any atom is -0.478 e. The molecule has 0 bridgehead atoms. The Hall–Kier alpha value is -3.61. The standard InChI is InChI=1S/C19H18N4O3/c1-11-2-4-12(5-3-11)14-9-16(19(24)25)17(10-22-21)15(18(14)20)8-13-6-7-26-23-13/h2-10,17H,20-21H2,1H3,(H,24,25). The number of hydrogen-bond acceptors (Lipinski definition) is 6. The third kappa shape index (κ3) is 3.27. The van der Waals surface area contributed by atoms with Crippen LogP contribution in [0.15, 0.2) is 69.1 Å². The van der Waals surface area contributed by atoms with E-state index in [9.17, 15) is 9.90 Å². The Morgan fingerprint density at radius 1 is 1.31 bits per heavy atom. The average Bonchev–Trinajstić information content (AvgIpc) is 3.12. The number of carboxylic acids is 1. The molecule has 5 N–H and O–H groups in total. The minimum atomic E-state index is -1.07. The molecule has 1 atom stereocenters. The molecule has 0 saturated carbocycles. The van der Waals surface area contributed by atoms with Gasteiger partial charge in [-0.15, -0.1) is 0 Å². The van der Waals surface area contributed by atoms with Gasteiger partial charge >= 0.3 is 5.97 Å². The van der Waals surface area contributed by atoms with Crippen LogP contribution in [0.1, 0.15) is 16.8 Å². The second-order valence-corrected chi connectivity index (χ2v) is 5.90. The molecular formula is C19H18N4O3. The first-order valence-electron chi connectivity index (χ1n) is 7.88. The molecule has 132 valence electrons. The summed E-state index contributed by atoms with van der Waals surface area (Å²) in [5, 5.41) is 17.0. The lowest BCUT2D eigenvalue weighted by Crippen LogP contribution is -2.25. The first-order valence-corrected chi connectivity index (χ1v) is 7.88. The normalized spacial score (nSPS) is 19.2. The van der Waals surface area contributed by atoms with Crippen molar-refractivity contribution in [3.63, 3.8) is 0 Å². The van der Waals surface area contributed by atoms with Crippen LogP contribution in [0.2, 0.25) is 0 Å². The smallest absolute Gasteiger partial charge is 0.332 e. The molecule has 1 aromatic carbocycles. The van der Waals surface area contributed by atoms with Crippen molar-refractivity contribution >= 4 is 23.8 Å². The predicted molar refractivity (Wildman–Crippen MR) is 98.7 cm³/mol. The molecule has 2 aromatic rings. The average molecular weight is 350 g/mol. The maximum absolute atomic E-state index is 11.8. The molecule has 7 nitrogen and oxygen atoms in total. The van der Waals surface area contributed by atoms with Gasteiger partial charge in [0.15, 0.2) is 0 Å². The molecule has 0 radical (unpaired) electrons. The Morgan fingerprint density at radius 3 is 2.62 bits per heavy atom. The molecule has 1 unspecified atom stereocenters. The molecule has 3 rings (SSSR count). The highest BCUT2D eigenvalue weighted by Gasteiger charge is 2.30. The fourth-order valence-corrected chi connectivity index (χ4v) is 2.85. The second-order valence-electron chi connectivity index (χ2n) is 5.90. The lowest BCUT2D eigenvalue weighted by Gasteiger charge is -2.25. The summed E-state index contributed by atoms with van der Waals surface area (Å²) in [6, 6.07) is 9.34. The van der Waals surface area contributed by atoms with Crippen LogP contribution in [-0.2, 0) is 4.79 Å². The topological polar surface area (TPSA) is 128 Å². The van der Waals surface area contributed by atoms with Crippen LogP contribution in [0, 0.1) is 12.8 Å². The molecular weight excluding hydrogens is 332 g/mol. The van der Waals surface area contributed by atoms with Gasteiger partial charge in [-0.25, -0.2) is 4.79 Å². The van der Waals surface area contributed by atoms with Crippen molar-refractivity contribution < 1.29 is 14.4 Å². The van der Waals surface area contributed by atoms with Crippen LogP contribution < -0.4 is 11.6 Å². The summed E-state index contributed by atoms with van der Waals surface area (Å²) in [6.45, 7) is 1.98. The van der Waals surface area contributed by atoms with E-state index in [0.29, 0.717) is 22.5 Å². The van der Waals surface area contributed by atoms with Crippen LogP contribution >= 0.6 is 0 Å². The lowest BCUT2D eigenvalue weighted by atomic mass is 9.80. The Morgan fingerprint density at radius 2 is 2.04 bits per heavy atom. The van der Waals surface area contributed by atoms with Crippen LogP contribution in [0.5, 0.6) is 0 Å². The molecule has 26 heavy (non-hydrogen) atoms. The lowest BCUT2D eigenvalue weighted by molar-refractivity contribution is -0.132. The quantitative estimate of drug-likeness (QED) is 0.441. The van der Waals surface area contributed by atoms with Crippen molar-refractivity contribution in [1.82, 2.24) is 5.16 Å². The summed E-state index contributed by atoms with van der Waals surface area (Å²) in [6.07, 6.45) is 6.02. The molecule has 1 aliphatic rings. The summed E-state index contributed by atoms with van der Waals surface area (Å²) in [5.41, 5.74) is 10.6. The molecule has 7 heteroatoms. The van der Waals surface area contributed by atoms with Gasteiger partial charge < -0.3 is 21.2 Å². The zero-order valence-corrected chi connectivity index (χ0v) is 14.1. The summed E-state index contributed by atoms with van der Waals surface area (Å²) in [4.78, 5) is 11.8. The maximum atomic E-state index is 11.8. The van der Waals surface area contributed by atoms with Crippen LogP contribution in [0.4, 0.5) is 0 Å². The van der Waals surface area contributed by atoms with Crippen LogP contribution in [-0.4, -0.2) is 22.4 Å². The van der Waals surface area contributed by atoms with E-state index < -0.39 is 11.9 Å². The zero-order valence-electron chi connectivity index (χ0n) is 14.1. The van der Waals surface area contributed by atoms with Gasteiger partial charge in [-0.2, -0.15) is 5.10 Å². The van der Waals surface area contributed by atoms with Crippen molar-refractivity contribution in [3.8, 4) is 0 Å². The van der Waals surface area contributed by atoms with E-state index in [1.807, 2.05) is 31.2 Å². The molecule has 1 heterocycles. The summed E-state index contributed by atoms with van der Waals surface area (Å²) in [7, 11) is 0. The number of carboxylic acid groups (broad SMARTS) is 1. The Balaban J connectivity index is 2.23. The summed E-state index contributed by atoms with van der Waals surface area (Å²) < 4.78 is 4.84. The molecule has 1 aromatic heterocycles. The first kappa shape index (κ1) is 17.2. The molecule has 1 aliphatic carbocycles. The third-order valence-electron chi connectivity index (χ3n) is 4.18. The third-order valence-corrected chi connectivity index (χ3v) is 4.18. The number of carbonyl (C=O) groups is 1. The van der Waals surface area contributed by atoms with E-state index in [-0.39, 0.29) is 5.57 Å². The van der Waals surface area contributed by atoms with E-state index in [0.717, 1.165) is 11.1 Å². The number of nitrogens with zero attached hydrogens (tertiary/aromatic N) is 2. The number of benzene rings is 1. The summed E-state index contributed by atoms with van der Waals surface area (Å²) in [5.74, 6) is 3.53. The fraction of sp³-hybridized carbons (Fsp3) is 0.105. The van der Waals surface area contributed by atoms with Crippen molar-refractivity contribution in [1.29, 1.82) is 0 Å². The zero-order chi connectivity index (χ0) is 18.7. The van der Waals surface area contributed by atoms with E-state index in [1.54, 1.807) is 18.2 Å². The van der Waals surface area contributed by atoms with E-state index in [4.69, 9.17) is 16.1 Å². The van der Waals surface area contributed by atoms with Crippen molar-refractivity contribution in [2.24, 2.45) is 22.6 Å². The first-order chi connectivity index (χ1) is 12.5. The SMILES string of the molecule is Cc1ccc(C2=C(N)C(=Cc3ccon3)C(C=NN)C(C(=O)O)=C2)cc1.